The molecule has 0 radical (unpaired) electrons. The molecule has 0 aliphatic heterocycles. The van der Waals surface area contributed by atoms with E-state index < -0.39 is 11.8 Å². The summed E-state index contributed by atoms with van der Waals surface area (Å²) in [6, 6.07) is 2.46. The van der Waals surface area contributed by atoms with Crippen LogP contribution in [-0.4, -0.2) is 24.0 Å². The second kappa shape index (κ2) is 6.49. The van der Waals surface area contributed by atoms with Crippen LogP contribution in [0.4, 0.5) is 4.39 Å². The number of methoxy groups -OCH3 is 1. The highest BCUT2D eigenvalue weighted by Crippen LogP contribution is 2.27. The van der Waals surface area contributed by atoms with Crippen LogP contribution in [0.3, 0.4) is 0 Å². The van der Waals surface area contributed by atoms with Gasteiger partial charge in [0.15, 0.2) is 5.78 Å². The van der Waals surface area contributed by atoms with Crippen LogP contribution in [0.25, 0.3) is 0 Å². The Balaban J connectivity index is 2.84. The first-order chi connectivity index (χ1) is 8.45. The molecule has 6 heteroatoms. The fourth-order valence-electron chi connectivity index (χ4n) is 1.45. The van der Waals surface area contributed by atoms with E-state index in [1.807, 2.05) is 0 Å². The van der Waals surface area contributed by atoms with Crippen molar-refractivity contribution >= 4 is 27.7 Å². The average Bonchev–Trinajstić information content (AvgIpc) is 2.31. The molecule has 0 aromatic heterocycles. The maximum absolute atomic E-state index is 13.3. The van der Waals surface area contributed by atoms with Gasteiger partial charge in [-0.1, -0.05) is 0 Å². The third-order valence-electron chi connectivity index (χ3n) is 2.34. The van der Waals surface area contributed by atoms with Crippen LogP contribution in [-0.2, 0) is 4.79 Å². The number of benzene rings is 1. The number of Topliss-reactive ketones (excluding diaryl/α,β-unsaturated/α-hetero) is 1. The van der Waals surface area contributed by atoms with Crippen molar-refractivity contribution < 1.29 is 23.8 Å². The Morgan fingerprint density at radius 3 is 2.61 bits per heavy atom. The van der Waals surface area contributed by atoms with Gasteiger partial charge in [0.05, 0.1) is 17.1 Å². The van der Waals surface area contributed by atoms with Gasteiger partial charge in [-0.15, -0.1) is 0 Å². The highest BCUT2D eigenvalue weighted by Gasteiger charge is 2.15. The molecule has 0 saturated heterocycles. The first-order valence-corrected chi connectivity index (χ1v) is 6.03. The van der Waals surface area contributed by atoms with Crippen LogP contribution in [0, 0.1) is 5.82 Å². The highest BCUT2D eigenvalue weighted by atomic mass is 79.9. The van der Waals surface area contributed by atoms with Gasteiger partial charge in [-0.05, 0) is 28.4 Å². The van der Waals surface area contributed by atoms with Crippen LogP contribution in [0.15, 0.2) is 16.6 Å². The molecule has 4 nitrogen and oxygen atoms in total. The molecule has 0 aliphatic carbocycles. The highest BCUT2D eigenvalue weighted by molar-refractivity contribution is 9.10. The van der Waals surface area contributed by atoms with Crippen LogP contribution in [0.2, 0.25) is 0 Å². The Kier molecular flexibility index (Phi) is 5.27. The molecular weight excluding hydrogens is 307 g/mol. The smallest absolute Gasteiger partial charge is 0.303 e. The van der Waals surface area contributed by atoms with Crippen molar-refractivity contribution in [2.24, 2.45) is 0 Å². The van der Waals surface area contributed by atoms with Crippen molar-refractivity contribution in [3.8, 4) is 5.75 Å². The predicted molar refractivity (Wildman–Crippen MR) is 66.5 cm³/mol. The van der Waals surface area contributed by atoms with E-state index in [2.05, 4.69) is 15.9 Å². The quantitative estimate of drug-likeness (QED) is 0.819. The average molecular weight is 319 g/mol. The number of carbonyl (C=O) groups excluding carboxylic acids is 1. The summed E-state index contributed by atoms with van der Waals surface area (Å²) in [6.07, 6.45) is 0.253. The summed E-state index contributed by atoms with van der Waals surface area (Å²) in [4.78, 5) is 22.2. The molecule has 0 bridgehead atoms. The molecule has 1 aromatic carbocycles. The number of ether oxygens (including phenoxy) is 1. The summed E-state index contributed by atoms with van der Waals surface area (Å²) in [5.74, 6) is -1.59. The summed E-state index contributed by atoms with van der Waals surface area (Å²) in [7, 11) is 1.34. The zero-order chi connectivity index (χ0) is 13.7. The fraction of sp³-hybridized carbons (Fsp3) is 0.333. The van der Waals surface area contributed by atoms with Crippen molar-refractivity contribution in [1.82, 2.24) is 0 Å². The lowest BCUT2D eigenvalue weighted by Gasteiger charge is -2.08. The summed E-state index contributed by atoms with van der Waals surface area (Å²) >= 11 is 2.99. The van der Waals surface area contributed by atoms with E-state index in [-0.39, 0.29) is 40.8 Å². The van der Waals surface area contributed by atoms with Crippen molar-refractivity contribution in [2.45, 2.75) is 19.3 Å². The number of aliphatic carboxylic acids is 1. The van der Waals surface area contributed by atoms with Gasteiger partial charge in [-0.25, -0.2) is 4.39 Å². The van der Waals surface area contributed by atoms with Gasteiger partial charge in [-0.2, -0.15) is 0 Å². The number of halogens is 2. The number of hydrogen-bond acceptors (Lipinski definition) is 3. The molecule has 1 aromatic rings. The maximum Gasteiger partial charge on any atom is 0.303 e. The number of carboxylic acid groups (broad SMARTS) is 1. The summed E-state index contributed by atoms with van der Waals surface area (Å²) in [6.45, 7) is 0. The molecule has 0 spiro atoms. The second-order valence-corrected chi connectivity index (χ2v) is 4.49. The molecule has 0 aliphatic rings. The Labute approximate surface area is 112 Å². The third-order valence-corrected chi connectivity index (χ3v) is 2.94. The molecule has 98 valence electrons. The van der Waals surface area contributed by atoms with E-state index in [1.165, 1.54) is 13.2 Å². The number of carbonyl (C=O) groups is 2. The minimum Gasteiger partial charge on any atom is -0.496 e. The van der Waals surface area contributed by atoms with Crippen molar-refractivity contribution in [3.05, 3.63) is 28.0 Å². The summed E-state index contributed by atoms with van der Waals surface area (Å²) < 4.78 is 18.4. The first kappa shape index (κ1) is 14.6. The van der Waals surface area contributed by atoms with Gasteiger partial charge < -0.3 is 9.84 Å². The topological polar surface area (TPSA) is 63.6 Å². The molecule has 1 rings (SSSR count). The Bertz CT molecular complexity index is 473. The van der Waals surface area contributed by atoms with Gasteiger partial charge in [0.25, 0.3) is 0 Å². The van der Waals surface area contributed by atoms with E-state index >= 15 is 0 Å². The van der Waals surface area contributed by atoms with Gasteiger partial charge in [-0.3, -0.25) is 9.59 Å². The first-order valence-electron chi connectivity index (χ1n) is 5.23. The lowest BCUT2D eigenvalue weighted by atomic mass is 10.0. The van der Waals surface area contributed by atoms with Crippen LogP contribution in [0.5, 0.6) is 5.75 Å². The predicted octanol–water partition coefficient (Wildman–Crippen LogP) is 3.03. The normalized spacial score (nSPS) is 10.2. The lowest BCUT2D eigenvalue weighted by Crippen LogP contribution is -2.04. The molecule has 18 heavy (non-hydrogen) atoms. The maximum atomic E-state index is 13.3. The van der Waals surface area contributed by atoms with E-state index in [0.717, 1.165) is 6.07 Å². The number of carboxylic acids is 1. The Morgan fingerprint density at radius 1 is 1.39 bits per heavy atom. The van der Waals surface area contributed by atoms with Crippen LogP contribution < -0.4 is 4.74 Å². The van der Waals surface area contributed by atoms with Crippen LogP contribution in [0.1, 0.15) is 29.6 Å². The fourth-order valence-corrected chi connectivity index (χ4v) is 1.79. The monoisotopic (exact) mass is 318 g/mol. The van der Waals surface area contributed by atoms with Crippen molar-refractivity contribution in [2.75, 3.05) is 7.11 Å². The molecule has 0 atom stereocenters. The molecule has 1 N–H and O–H groups in total. The zero-order valence-corrected chi connectivity index (χ0v) is 11.3. The SMILES string of the molecule is COc1cc(F)c(Br)cc1C(=O)CCCC(=O)O. The van der Waals surface area contributed by atoms with Crippen molar-refractivity contribution in [3.63, 3.8) is 0 Å². The minimum atomic E-state index is -0.949. The van der Waals surface area contributed by atoms with E-state index in [0.29, 0.717) is 0 Å². The second-order valence-electron chi connectivity index (χ2n) is 3.64. The minimum absolute atomic E-state index is 0.0730. The molecular formula is C12H12BrFO4. The van der Waals surface area contributed by atoms with Crippen LogP contribution >= 0.6 is 15.9 Å². The van der Waals surface area contributed by atoms with Gasteiger partial charge in [0.1, 0.15) is 11.6 Å². The third kappa shape index (κ3) is 3.80. The summed E-state index contributed by atoms with van der Waals surface area (Å²) in [5.41, 5.74) is 0.246. The molecule has 0 amide bonds. The van der Waals surface area contributed by atoms with Crippen molar-refractivity contribution in [1.29, 1.82) is 0 Å². The number of hydrogen-bond donors (Lipinski definition) is 1. The van der Waals surface area contributed by atoms with E-state index in [1.54, 1.807) is 0 Å². The van der Waals surface area contributed by atoms with Gasteiger partial charge >= 0.3 is 5.97 Å². The molecule has 0 unspecified atom stereocenters. The van der Waals surface area contributed by atoms with Gasteiger partial charge in [0.2, 0.25) is 0 Å². The van der Waals surface area contributed by atoms with Gasteiger partial charge in [0, 0.05) is 18.9 Å². The zero-order valence-electron chi connectivity index (χ0n) is 9.70. The van der Waals surface area contributed by atoms with E-state index in [4.69, 9.17) is 9.84 Å². The summed E-state index contributed by atoms with van der Waals surface area (Å²) in [5, 5.41) is 8.49. The number of ketones is 1. The largest absolute Gasteiger partial charge is 0.496 e. The Morgan fingerprint density at radius 2 is 2.06 bits per heavy atom. The molecule has 0 fully saturated rings. The Hall–Kier alpha value is -1.43. The number of rotatable bonds is 6. The standard InChI is InChI=1S/C12H12BrFO4/c1-18-11-6-9(14)8(13)5-7(11)10(15)3-2-4-12(16)17/h5-6H,2-4H2,1H3,(H,16,17). The molecule has 0 saturated carbocycles. The molecule has 0 heterocycles. The lowest BCUT2D eigenvalue weighted by molar-refractivity contribution is -0.137. The van der Waals surface area contributed by atoms with E-state index in [9.17, 15) is 14.0 Å².